The van der Waals surface area contributed by atoms with Crippen LogP contribution in [0.4, 0.5) is 0 Å². The Morgan fingerprint density at radius 2 is 1.95 bits per heavy atom. The average molecular weight is 273 g/mol. The highest BCUT2D eigenvalue weighted by molar-refractivity contribution is 5.76. The van der Waals surface area contributed by atoms with E-state index in [1.165, 1.54) is 0 Å². The highest BCUT2D eigenvalue weighted by Crippen LogP contribution is 2.09. The minimum atomic E-state index is 0.0911. The Morgan fingerprint density at radius 1 is 1.30 bits per heavy atom. The molecule has 0 atom stereocenters. The summed E-state index contributed by atoms with van der Waals surface area (Å²) in [6, 6.07) is 7.87. The summed E-state index contributed by atoms with van der Waals surface area (Å²) < 4.78 is 0. The maximum Gasteiger partial charge on any atom is 0.222 e. The minimum Gasteiger partial charge on any atom is -0.395 e. The monoisotopic (exact) mass is 273 g/mol. The Bertz CT molecular complexity index is 480. The normalized spacial score (nSPS) is 10.1. The molecule has 0 aliphatic carbocycles. The number of aliphatic hydroxyl groups excluding tert-OH is 1. The summed E-state index contributed by atoms with van der Waals surface area (Å²) in [5.41, 5.74) is 2.02. The molecule has 0 saturated carbocycles. The molecule has 20 heavy (non-hydrogen) atoms. The van der Waals surface area contributed by atoms with E-state index in [0.29, 0.717) is 25.3 Å². The Balaban J connectivity index is 2.57. The lowest BCUT2D eigenvalue weighted by Crippen LogP contribution is -2.27. The van der Waals surface area contributed by atoms with E-state index in [9.17, 15) is 4.79 Å². The van der Waals surface area contributed by atoms with Crippen LogP contribution in [0.2, 0.25) is 0 Å². The Morgan fingerprint density at radius 3 is 2.50 bits per heavy atom. The van der Waals surface area contributed by atoms with Crippen LogP contribution in [0.25, 0.3) is 0 Å². The second-order valence-corrected chi connectivity index (χ2v) is 5.32. The van der Waals surface area contributed by atoms with Crippen molar-refractivity contribution >= 4 is 5.91 Å². The molecular weight excluding hydrogens is 250 g/mol. The van der Waals surface area contributed by atoms with Crippen molar-refractivity contribution in [3.63, 3.8) is 0 Å². The van der Waals surface area contributed by atoms with Crippen LogP contribution in [0.1, 0.15) is 37.8 Å². The number of rotatable bonds is 5. The summed E-state index contributed by atoms with van der Waals surface area (Å²) in [5.74, 6) is 6.43. The molecule has 108 valence electrons. The van der Waals surface area contributed by atoms with E-state index in [1.807, 2.05) is 45.2 Å². The molecule has 1 rings (SSSR count). The maximum absolute atomic E-state index is 11.9. The van der Waals surface area contributed by atoms with Crippen LogP contribution in [-0.4, -0.2) is 29.6 Å². The van der Waals surface area contributed by atoms with Crippen molar-refractivity contribution in [2.45, 2.75) is 33.2 Å². The van der Waals surface area contributed by atoms with Crippen LogP contribution in [-0.2, 0) is 11.3 Å². The van der Waals surface area contributed by atoms with Gasteiger partial charge in [0.05, 0.1) is 6.61 Å². The predicted molar refractivity (Wildman–Crippen MR) is 81.0 cm³/mol. The van der Waals surface area contributed by atoms with Gasteiger partial charge in [-0.2, -0.15) is 0 Å². The van der Waals surface area contributed by atoms with Crippen LogP contribution in [0.15, 0.2) is 24.3 Å². The lowest BCUT2D eigenvalue weighted by molar-refractivity contribution is -0.131. The minimum absolute atomic E-state index is 0.0911. The van der Waals surface area contributed by atoms with Gasteiger partial charge >= 0.3 is 0 Å². The molecule has 0 bridgehead atoms. The lowest BCUT2D eigenvalue weighted by atomic mass is 10.1. The molecular formula is C17H23NO2. The summed E-state index contributed by atoms with van der Waals surface area (Å²) in [6.07, 6.45) is 1.08. The summed E-state index contributed by atoms with van der Waals surface area (Å²) in [5, 5.41) is 8.66. The van der Waals surface area contributed by atoms with Gasteiger partial charge in [-0.3, -0.25) is 4.79 Å². The van der Waals surface area contributed by atoms with Crippen LogP contribution in [0.5, 0.6) is 0 Å². The zero-order valence-corrected chi connectivity index (χ0v) is 12.5. The standard InChI is InChI=1S/C17H23NO2/c1-14(2)12-17(20)18(3)13-16-9-7-15(8-10-16)6-4-5-11-19/h7-10,14,19H,5,11-13H2,1-3H3. The second kappa shape index (κ2) is 8.39. The molecule has 1 amide bonds. The molecule has 1 aromatic carbocycles. The first-order valence-electron chi connectivity index (χ1n) is 6.95. The molecule has 0 aromatic heterocycles. The molecule has 0 fully saturated rings. The van der Waals surface area contributed by atoms with Gasteiger partial charge in [0.1, 0.15) is 0 Å². The predicted octanol–water partition coefficient (Wildman–Crippen LogP) is 2.43. The van der Waals surface area contributed by atoms with Gasteiger partial charge in [-0.05, 0) is 23.6 Å². The fraction of sp³-hybridized carbons (Fsp3) is 0.471. The van der Waals surface area contributed by atoms with Crippen molar-refractivity contribution in [2.24, 2.45) is 5.92 Å². The molecule has 0 radical (unpaired) electrons. The lowest BCUT2D eigenvalue weighted by Gasteiger charge is -2.18. The van der Waals surface area contributed by atoms with Gasteiger partial charge < -0.3 is 10.0 Å². The molecule has 0 heterocycles. The van der Waals surface area contributed by atoms with Gasteiger partial charge in [-0.25, -0.2) is 0 Å². The van der Waals surface area contributed by atoms with E-state index in [2.05, 4.69) is 11.8 Å². The van der Waals surface area contributed by atoms with E-state index in [-0.39, 0.29) is 12.5 Å². The van der Waals surface area contributed by atoms with Crippen LogP contribution >= 0.6 is 0 Å². The third-order valence-corrected chi connectivity index (χ3v) is 2.85. The highest BCUT2D eigenvalue weighted by atomic mass is 16.2. The van der Waals surface area contributed by atoms with Crippen molar-refractivity contribution in [3.05, 3.63) is 35.4 Å². The molecule has 0 aliphatic heterocycles. The number of carbonyl (C=O) groups is 1. The van der Waals surface area contributed by atoms with Gasteiger partial charge in [-0.15, -0.1) is 0 Å². The molecule has 0 spiro atoms. The van der Waals surface area contributed by atoms with Crippen molar-refractivity contribution < 1.29 is 9.90 Å². The Labute approximate surface area is 121 Å². The summed E-state index contributed by atoms with van der Waals surface area (Å²) >= 11 is 0. The number of hydrogen-bond donors (Lipinski definition) is 1. The smallest absolute Gasteiger partial charge is 0.222 e. The van der Waals surface area contributed by atoms with E-state index < -0.39 is 0 Å². The maximum atomic E-state index is 11.9. The zero-order chi connectivity index (χ0) is 15.0. The number of carbonyl (C=O) groups excluding carboxylic acids is 1. The van der Waals surface area contributed by atoms with Crippen molar-refractivity contribution in [3.8, 4) is 11.8 Å². The van der Waals surface area contributed by atoms with Crippen LogP contribution in [0.3, 0.4) is 0 Å². The van der Waals surface area contributed by atoms with Crippen molar-refractivity contribution in [1.29, 1.82) is 0 Å². The third kappa shape index (κ3) is 5.90. The molecule has 0 saturated heterocycles. The van der Waals surface area contributed by atoms with E-state index in [1.54, 1.807) is 4.90 Å². The molecule has 1 aromatic rings. The van der Waals surface area contributed by atoms with Gasteiger partial charge in [0.2, 0.25) is 5.91 Å². The molecule has 3 heteroatoms. The average Bonchev–Trinajstić information content (AvgIpc) is 2.40. The summed E-state index contributed by atoms with van der Waals surface area (Å²) in [7, 11) is 1.83. The highest BCUT2D eigenvalue weighted by Gasteiger charge is 2.10. The van der Waals surface area contributed by atoms with E-state index >= 15 is 0 Å². The molecule has 0 unspecified atom stereocenters. The molecule has 3 nitrogen and oxygen atoms in total. The topological polar surface area (TPSA) is 40.5 Å². The van der Waals surface area contributed by atoms with Gasteiger partial charge in [0.15, 0.2) is 0 Å². The van der Waals surface area contributed by atoms with Crippen molar-refractivity contribution in [1.82, 2.24) is 4.90 Å². The zero-order valence-electron chi connectivity index (χ0n) is 12.5. The number of aliphatic hydroxyl groups is 1. The SMILES string of the molecule is CC(C)CC(=O)N(C)Cc1ccc(C#CCCO)cc1. The largest absolute Gasteiger partial charge is 0.395 e. The first-order valence-corrected chi connectivity index (χ1v) is 6.95. The Hall–Kier alpha value is -1.79. The summed E-state index contributed by atoms with van der Waals surface area (Å²) in [6.45, 7) is 4.81. The van der Waals surface area contributed by atoms with Crippen molar-refractivity contribution in [2.75, 3.05) is 13.7 Å². The third-order valence-electron chi connectivity index (χ3n) is 2.85. The number of hydrogen-bond acceptors (Lipinski definition) is 2. The van der Waals surface area contributed by atoms with Crippen LogP contribution < -0.4 is 0 Å². The van der Waals surface area contributed by atoms with Crippen LogP contribution in [0, 0.1) is 17.8 Å². The van der Waals surface area contributed by atoms with E-state index in [0.717, 1.165) is 11.1 Å². The second-order valence-electron chi connectivity index (χ2n) is 5.32. The quantitative estimate of drug-likeness (QED) is 0.837. The molecule has 1 N–H and O–H groups in total. The first kappa shape index (κ1) is 16.3. The number of amides is 1. The first-order chi connectivity index (χ1) is 9.52. The van der Waals surface area contributed by atoms with E-state index in [4.69, 9.17) is 5.11 Å². The molecule has 0 aliphatic rings. The van der Waals surface area contributed by atoms with Gasteiger partial charge in [-0.1, -0.05) is 37.8 Å². The fourth-order valence-electron chi connectivity index (χ4n) is 1.78. The number of nitrogens with zero attached hydrogens (tertiary/aromatic N) is 1. The Kier molecular flexibility index (Phi) is 6.83. The van der Waals surface area contributed by atoms with Gasteiger partial charge in [0, 0.05) is 32.0 Å². The summed E-state index contributed by atoms with van der Waals surface area (Å²) in [4.78, 5) is 13.6. The fourth-order valence-corrected chi connectivity index (χ4v) is 1.78. The van der Waals surface area contributed by atoms with Gasteiger partial charge in [0.25, 0.3) is 0 Å². The number of benzene rings is 1.